The maximum atomic E-state index is 9.96. The standard InChI is InChI=1S/C15H14Br2N2O/c1-8-4-9(2)14(10(3)5-8)19-18-13-7-11(16)6-12(17)15(13)20/h4-7,20H,1-3H3. The first-order valence-corrected chi connectivity index (χ1v) is 7.64. The third-order valence-electron chi connectivity index (χ3n) is 2.90. The van der Waals surface area contributed by atoms with Crippen molar-refractivity contribution in [3.8, 4) is 5.75 Å². The van der Waals surface area contributed by atoms with Crippen LogP contribution in [0.3, 0.4) is 0 Å². The lowest BCUT2D eigenvalue weighted by molar-refractivity contribution is 0.473. The van der Waals surface area contributed by atoms with E-state index in [1.165, 1.54) is 5.56 Å². The van der Waals surface area contributed by atoms with Crippen LogP contribution in [0.5, 0.6) is 5.75 Å². The van der Waals surface area contributed by atoms with Crippen LogP contribution in [0, 0.1) is 20.8 Å². The smallest absolute Gasteiger partial charge is 0.157 e. The van der Waals surface area contributed by atoms with Crippen molar-refractivity contribution in [2.24, 2.45) is 10.2 Å². The summed E-state index contributed by atoms with van der Waals surface area (Å²) in [4.78, 5) is 0. The minimum absolute atomic E-state index is 0.0827. The third kappa shape index (κ3) is 3.27. The monoisotopic (exact) mass is 396 g/mol. The van der Waals surface area contributed by atoms with Gasteiger partial charge in [-0.3, -0.25) is 0 Å². The van der Waals surface area contributed by atoms with Crippen LogP contribution in [0.15, 0.2) is 43.4 Å². The van der Waals surface area contributed by atoms with Crippen LogP contribution < -0.4 is 0 Å². The van der Waals surface area contributed by atoms with Crippen molar-refractivity contribution in [1.29, 1.82) is 0 Å². The molecule has 0 aliphatic rings. The Hall–Kier alpha value is -1.20. The van der Waals surface area contributed by atoms with Gasteiger partial charge in [0.15, 0.2) is 5.75 Å². The number of rotatable bonds is 2. The molecule has 3 nitrogen and oxygen atoms in total. The minimum atomic E-state index is 0.0827. The van der Waals surface area contributed by atoms with E-state index in [0.717, 1.165) is 21.3 Å². The average molecular weight is 398 g/mol. The summed E-state index contributed by atoms with van der Waals surface area (Å²) in [5.41, 5.74) is 4.60. The zero-order valence-electron chi connectivity index (χ0n) is 11.4. The molecule has 5 heteroatoms. The molecule has 0 spiro atoms. The molecule has 0 saturated heterocycles. The number of aromatic hydroxyl groups is 1. The highest BCUT2D eigenvalue weighted by Crippen LogP contribution is 2.38. The number of azo groups is 1. The van der Waals surface area contributed by atoms with Crippen molar-refractivity contribution in [3.05, 3.63) is 49.9 Å². The Balaban J connectivity index is 2.45. The largest absolute Gasteiger partial charge is 0.505 e. The average Bonchev–Trinajstić information content (AvgIpc) is 2.33. The molecule has 1 N–H and O–H groups in total. The van der Waals surface area contributed by atoms with Gasteiger partial charge in [0.25, 0.3) is 0 Å². The second kappa shape index (κ2) is 6.06. The number of halogens is 2. The fourth-order valence-corrected chi connectivity index (χ4v) is 3.27. The first-order chi connectivity index (χ1) is 9.38. The van der Waals surface area contributed by atoms with Crippen LogP contribution >= 0.6 is 31.9 Å². The number of aryl methyl sites for hydroxylation is 3. The van der Waals surface area contributed by atoms with Gasteiger partial charge in [0.05, 0.1) is 10.2 Å². The summed E-state index contributed by atoms with van der Waals surface area (Å²) < 4.78 is 1.41. The number of benzene rings is 2. The van der Waals surface area contributed by atoms with Crippen molar-refractivity contribution in [1.82, 2.24) is 0 Å². The number of hydrogen-bond donors (Lipinski definition) is 1. The molecule has 0 unspecified atom stereocenters. The lowest BCUT2D eigenvalue weighted by Crippen LogP contribution is -1.82. The summed E-state index contributed by atoms with van der Waals surface area (Å²) in [5, 5.41) is 18.4. The first kappa shape index (κ1) is 15.2. The van der Waals surface area contributed by atoms with Crippen LogP contribution in [0.2, 0.25) is 0 Å². The van der Waals surface area contributed by atoms with Gasteiger partial charge in [-0.05, 0) is 60.0 Å². The normalized spacial score (nSPS) is 11.2. The molecule has 0 bridgehead atoms. The van der Waals surface area contributed by atoms with E-state index in [1.807, 2.05) is 13.8 Å². The zero-order valence-corrected chi connectivity index (χ0v) is 14.6. The van der Waals surface area contributed by atoms with Crippen molar-refractivity contribution < 1.29 is 5.11 Å². The Morgan fingerprint density at radius 3 is 2.10 bits per heavy atom. The second-order valence-corrected chi connectivity index (χ2v) is 6.47. The van der Waals surface area contributed by atoms with Crippen LogP contribution in [0.1, 0.15) is 16.7 Å². The maximum Gasteiger partial charge on any atom is 0.157 e. The predicted molar refractivity (Wildman–Crippen MR) is 88.3 cm³/mol. The van der Waals surface area contributed by atoms with E-state index in [0.29, 0.717) is 10.2 Å². The van der Waals surface area contributed by atoms with Gasteiger partial charge in [-0.1, -0.05) is 33.6 Å². The SMILES string of the molecule is Cc1cc(C)c(N=Nc2cc(Br)cc(Br)c2O)c(C)c1. The molecule has 0 amide bonds. The van der Waals surface area contributed by atoms with Gasteiger partial charge in [-0.2, -0.15) is 0 Å². The van der Waals surface area contributed by atoms with E-state index >= 15 is 0 Å². The third-order valence-corrected chi connectivity index (χ3v) is 3.96. The maximum absolute atomic E-state index is 9.96. The van der Waals surface area contributed by atoms with Gasteiger partial charge in [0, 0.05) is 4.47 Å². The Morgan fingerprint density at radius 1 is 0.900 bits per heavy atom. The highest BCUT2D eigenvalue weighted by molar-refractivity contribution is 9.11. The summed E-state index contributed by atoms with van der Waals surface area (Å²) in [6.07, 6.45) is 0. The van der Waals surface area contributed by atoms with Gasteiger partial charge in [0.1, 0.15) is 5.69 Å². The molecule has 0 heterocycles. The summed E-state index contributed by atoms with van der Waals surface area (Å²) in [6, 6.07) is 7.62. The quantitative estimate of drug-likeness (QED) is 0.597. The van der Waals surface area contributed by atoms with Crippen molar-refractivity contribution in [2.45, 2.75) is 20.8 Å². The highest BCUT2D eigenvalue weighted by atomic mass is 79.9. The Morgan fingerprint density at radius 2 is 1.50 bits per heavy atom. The van der Waals surface area contributed by atoms with Crippen molar-refractivity contribution in [2.75, 3.05) is 0 Å². The fraction of sp³-hybridized carbons (Fsp3) is 0.200. The summed E-state index contributed by atoms with van der Waals surface area (Å²) in [7, 11) is 0. The molecule has 0 aromatic heterocycles. The molecule has 0 atom stereocenters. The second-order valence-electron chi connectivity index (χ2n) is 4.70. The molecule has 2 aromatic rings. The molecule has 104 valence electrons. The van der Waals surface area contributed by atoms with E-state index in [9.17, 15) is 5.11 Å². The van der Waals surface area contributed by atoms with Crippen LogP contribution in [0.25, 0.3) is 0 Å². The zero-order chi connectivity index (χ0) is 14.9. The van der Waals surface area contributed by atoms with Crippen molar-refractivity contribution in [3.63, 3.8) is 0 Å². The van der Waals surface area contributed by atoms with E-state index in [-0.39, 0.29) is 5.75 Å². The molecule has 2 aromatic carbocycles. The Labute approximate surface area is 135 Å². The molecule has 0 radical (unpaired) electrons. The molecule has 0 saturated carbocycles. The first-order valence-electron chi connectivity index (χ1n) is 6.06. The molecule has 2 rings (SSSR count). The topological polar surface area (TPSA) is 45.0 Å². The van der Waals surface area contributed by atoms with Gasteiger partial charge >= 0.3 is 0 Å². The van der Waals surface area contributed by atoms with Gasteiger partial charge < -0.3 is 5.11 Å². The Bertz CT molecular complexity index is 674. The molecular weight excluding hydrogens is 384 g/mol. The molecule has 20 heavy (non-hydrogen) atoms. The number of phenolic OH excluding ortho intramolecular Hbond substituents is 1. The van der Waals surface area contributed by atoms with Crippen LogP contribution in [0.4, 0.5) is 11.4 Å². The number of hydrogen-bond acceptors (Lipinski definition) is 3. The Kier molecular flexibility index (Phi) is 4.60. The van der Waals surface area contributed by atoms with E-state index in [2.05, 4.69) is 61.1 Å². The molecular formula is C15H14Br2N2O. The summed E-state index contributed by atoms with van der Waals surface area (Å²) >= 11 is 6.65. The lowest BCUT2D eigenvalue weighted by Gasteiger charge is -2.06. The predicted octanol–water partition coefficient (Wildman–Crippen LogP) is 6.26. The number of phenols is 1. The minimum Gasteiger partial charge on any atom is -0.505 e. The highest BCUT2D eigenvalue weighted by Gasteiger charge is 2.08. The van der Waals surface area contributed by atoms with E-state index in [1.54, 1.807) is 12.1 Å². The van der Waals surface area contributed by atoms with E-state index < -0.39 is 0 Å². The summed E-state index contributed by atoms with van der Waals surface area (Å²) in [6.45, 7) is 6.06. The number of nitrogens with zero attached hydrogens (tertiary/aromatic N) is 2. The van der Waals surface area contributed by atoms with Gasteiger partial charge in [-0.25, -0.2) is 0 Å². The summed E-state index contributed by atoms with van der Waals surface area (Å²) in [5.74, 6) is 0.0827. The van der Waals surface area contributed by atoms with Crippen LogP contribution in [-0.4, -0.2) is 5.11 Å². The molecule has 0 fully saturated rings. The van der Waals surface area contributed by atoms with Gasteiger partial charge in [0.2, 0.25) is 0 Å². The van der Waals surface area contributed by atoms with Crippen molar-refractivity contribution >= 4 is 43.2 Å². The van der Waals surface area contributed by atoms with E-state index in [4.69, 9.17) is 0 Å². The van der Waals surface area contributed by atoms with Gasteiger partial charge in [-0.15, -0.1) is 10.2 Å². The molecule has 0 aliphatic carbocycles. The van der Waals surface area contributed by atoms with Crippen LogP contribution in [-0.2, 0) is 0 Å². The molecule has 0 aliphatic heterocycles. The lowest BCUT2D eigenvalue weighted by atomic mass is 10.1. The fourth-order valence-electron chi connectivity index (χ4n) is 2.06.